The highest BCUT2D eigenvalue weighted by atomic mass is 32.2. The van der Waals surface area contributed by atoms with E-state index in [9.17, 15) is 22.0 Å². The summed E-state index contributed by atoms with van der Waals surface area (Å²) in [6.45, 7) is 2.88. The minimum atomic E-state index is -3.91. The van der Waals surface area contributed by atoms with Crippen LogP contribution in [0.2, 0.25) is 0 Å². The number of aryl methyl sites for hydroxylation is 1. The Kier molecular flexibility index (Phi) is 5.27. The Morgan fingerprint density at radius 3 is 2.64 bits per heavy atom. The molecule has 0 atom stereocenters. The zero-order valence-electron chi connectivity index (χ0n) is 17.4. The molecule has 5 rings (SSSR count). The monoisotopic (exact) mass is 511 g/mol. The van der Waals surface area contributed by atoms with Gasteiger partial charge in [0.1, 0.15) is 11.6 Å². The number of aromatic nitrogens is 2. The first-order valence-electron chi connectivity index (χ1n) is 10.1. The molecule has 13 heteroatoms. The molecule has 0 bridgehead atoms. The summed E-state index contributed by atoms with van der Waals surface area (Å²) in [5.41, 5.74) is 0.103. The number of thiazole rings is 2. The van der Waals surface area contributed by atoms with Crippen LogP contribution in [0, 0.1) is 24.0 Å². The molecule has 2 saturated heterocycles. The van der Waals surface area contributed by atoms with Crippen molar-refractivity contribution in [2.75, 3.05) is 29.4 Å². The number of primary sulfonamides is 1. The fourth-order valence-electron chi connectivity index (χ4n) is 4.34. The van der Waals surface area contributed by atoms with Crippen LogP contribution >= 0.6 is 22.7 Å². The molecule has 0 aliphatic carbocycles. The Morgan fingerprint density at radius 1 is 1.18 bits per heavy atom. The number of halogens is 2. The summed E-state index contributed by atoms with van der Waals surface area (Å²) in [7, 11) is -3.91. The predicted octanol–water partition coefficient (Wildman–Crippen LogP) is 3.13. The van der Waals surface area contributed by atoms with Gasteiger partial charge in [0.2, 0.25) is 15.9 Å². The second-order valence-electron chi connectivity index (χ2n) is 8.25. The summed E-state index contributed by atoms with van der Waals surface area (Å²) < 4.78 is 51.1. The average molecular weight is 512 g/mol. The number of rotatable bonds is 4. The summed E-state index contributed by atoms with van der Waals surface area (Å²) in [5.74, 6) is -1.20. The zero-order chi connectivity index (χ0) is 23.5. The highest BCUT2D eigenvalue weighted by molar-refractivity contribution is 7.91. The Balaban J connectivity index is 1.34. The van der Waals surface area contributed by atoms with Crippen LogP contribution < -0.4 is 14.9 Å². The molecule has 2 aliphatic rings. The van der Waals surface area contributed by atoms with Gasteiger partial charge in [-0.2, -0.15) is 0 Å². The van der Waals surface area contributed by atoms with Crippen LogP contribution in [-0.4, -0.2) is 43.9 Å². The Hall–Kier alpha value is -2.48. The maximum atomic E-state index is 14.1. The predicted molar refractivity (Wildman–Crippen MR) is 122 cm³/mol. The van der Waals surface area contributed by atoms with E-state index in [2.05, 4.69) is 9.97 Å². The largest absolute Gasteiger partial charge is 0.346 e. The van der Waals surface area contributed by atoms with Crippen LogP contribution in [-0.2, 0) is 14.8 Å². The lowest BCUT2D eigenvalue weighted by Crippen LogP contribution is -2.66. The van der Waals surface area contributed by atoms with Gasteiger partial charge in [0.15, 0.2) is 14.5 Å². The minimum absolute atomic E-state index is 0.0416. The number of nitrogens with two attached hydrogens (primary N) is 1. The fourth-order valence-corrected chi connectivity index (χ4v) is 7.14. The summed E-state index contributed by atoms with van der Waals surface area (Å²) in [5, 5.41) is 7.88. The highest BCUT2D eigenvalue weighted by Gasteiger charge is 2.54. The number of hydrogen-bond acceptors (Lipinski definition) is 8. The van der Waals surface area contributed by atoms with Crippen molar-refractivity contribution >= 4 is 48.9 Å². The van der Waals surface area contributed by atoms with Crippen molar-refractivity contribution in [2.24, 2.45) is 10.6 Å². The lowest BCUT2D eigenvalue weighted by Gasteiger charge is -2.52. The average Bonchev–Trinajstić information content (AvgIpc) is 3.35. The van der Waals surface area contributed by atoms with E-state index in [0.717, 1.165) is 36.0 Å². The minimum Gasteiger partial charge on any atom is -0.346 e. The van der Waals surface area contributed by atoms with Gasteiger partial charge in [0.25, 0.3) is 0 Å². The van der Waals surface area contributed by atoms with Crippen LogP contribution in [0.4, 0.5) is 19.0 Å². The lowest BCUT2D eigenvalue weighted by atomic mass is 9.73. The SMILES string of the molecule is Cc1nc(N2CCCC3(CN(c4nc(-c5cc(F)ccc5F)cs4)C3)C2=O)sc1S(N)(=O)=O. The van der Waals surface area contributed by atoms with Gasteiger partial charge < -0.3 is 4.90 Å². The van der Waals surface area contributed by atoms with E-state index in [1.165, 1.54) is 11.3 Å². The van der Waals surface area contributed by atoms with Crippen LogP contribution in [0.1, 0.15) is 18.5 Å². The van der Waals surface area contributed by atoms with Crippen LogP contribution in [0.5, 0.6) is 0 Å². The third-order valence-corrected chi connectivity index (χ3v) is 9.56. The van der Waals surface area contributed by atoms with E-state index < -0.39 is 27.1 Å². The van der Waals surface area contributed by atoms with E-state index in [1.54, 1.807) is 17.2 Å². The van der Waals surface area contributed by atoms with E-state index >= 15 is 0 Å². The normalized spacial score (nSPS) is 18.1. The van der Waals surface area contributed by atoms with Crippen molar-refractivity contribution < 1.29 is 22.0 Å². The molecule has 2 aliphatic heterocycles. The number of amides is 1. The highest BCUT2D eigenvalue weighted by Crippen LogP contribution is 2.45. The first-order valence-corrected chi connectivity index (χ1v) is 13.3. The second kappa shape index (κ2) is 7.79. The number of sulfonamides is 1. The van der Waals surface area contributed by atoms with Gasteiger partial charge in [0, 0.05) is 30.6 Å². The molecule has 8 nitrogen and oxygen atoms in total. The number of carbonyl (C=O) groups is 1. The van der Waals surface area contributed by atoms with Crippen molar-refractivity contribution in [1.82, 2.24) is 9.97 Å². The Bertz CT molecular complexity index is 1360. The summed E-state index contributed by atoms with van der Waals surface area (Å²) >= 11 is 2.21. The number of hydrogen-bond donors (Lipinski definition) is 1. The molecule has 1 amide bonds. The molecular formula is C20H19F2N5O3S3. The van der Waals surface area contributed by atoms with E-state index in [-0.39, 0.29) is 21.4 Å². The summed E-state index contributed by atoms with van der Waals surface area (Å²) in [4.78, 5) is 25.6. The zero-order valence-corrected chi connectivity index (χ0v) is 19.9. The molecule has 33 heavy (non-hydrogen) atoms. The molecule has 0 radical (unpaired) electrons. The molecule has 0 unspecified atom stereocenters. The van der Waals surface area contributed by atoms with Gasteiger partial charge in [-0.3, -0.25) is 9.69 Å². The molecule has 2 N–H and O–H groups in total. The molecule has 1 aromatic carbocycles. The van der Waals surface area contributed by atoms with Crippen molar-refractivity contribution in [2.45, 2.75) is 24.0 Å². The van der Waals surface area contributed by atoms with Crippen LogP contribution in [0.15, 0.2) is 27.8 Å². The third-order valence-electron chi connectivity index (χ3n) is 5.92. The maximum absolute atomic E-state index is 14.1. The number of nitrogens with zero attached hydrogens (tertiary/aromatic N) is 4. The van der Waals surface area contributed by atoms with Crippen LogP contribution in [0.25, 0.3) is 11.3 Å². The Labute approximate surface area is 196 Å². The first kappa shape index (κ1) is 22.3. The first-order chi connectivity index (χ1) is 15.6. The van der Waals surface area contributed by atoms with E-state index in [4.69, 9.17) is 5.14 Å². The van der Waals surface area contributed by atoms with Crippen molar-refractivity contribution in [3.05, 3.63) is 40.9 Å². The van der Waals surface area contributed by atoms with Gasteiger partial charge in [-0.25, -0.2) is 32.3 Å². The molecule has 3 aromatic rings. The van der Waals surface area contributed by atoms with Crippen molar-refractivity contribution in [1.29, 1.82) is 0 Å². The topological polar surface area (TPSA) is 109 Å². The van der Waals surface area contributed by atoms with Gasteiger partial charge >= 0.3 is 0 Å². The third kappa shape index (κ3) is 3.82. The molecule has 4 heterocycles. The maximum Gasteiger partial charge on any atom is 0.249 e. The van der Waals surface area contributed by atoms with Crippen molar-refractivity contribution in [3.63, 3.8) is 0 Å². The summed E-state index contributed by atoms with van der Waals surface area (Å²) in [6.07, 6.45) is 1.45. The van der Waals surface area contributed by atoms with Crippen LogP contribution in [0.3, 0.4) is 0 Å². The number of benzene rings is 1. The Morgan fingerprint density at radius 2 is 1.94 bits per heavy atom. The van der Waals surface area contributed by atoms with Gasteiger partial charge in [0.05, 0.1) is 16.8 Å². The number of anilines is 2. The lowest BCUT2D eigenvalue weighted by molar-refractivity contribution is -0.132. The van der Waals surface area contributed by atoms with Gasteiger partial charge in [-0.15, -0.1) is 11.3 Å². The molecule has 174 valence electrons. The van der Waals surface area contributed by atoms with E-state index in [0.29, 0.717) is 42.0 Å². The molecule has 0 saturated carbocycles. The number of carbonyl (C=O) groups excluding carboxylic acids is 1. The quantitative estimate of drug-likeness (QED) is 0.576. The molecule has 2 aromatic heterocycles. The second-order valence-corrected chi connectivity index (χ2v) is 11.8. The number of piperidine rings is 1. The van der Waals surface area contributed by atoms with Crippen molar-refractivity contribution in [3.8, 4) is 11.3 Å². The standard InChI is InChI=1S/C20H19F2N5O3S3/c1-11-16(33(23,29)30)32-19(24-11)27-6-2-5-20(17(27)28)9-26(10-20)18-25-15(8-31-18)13-7-12(21)3-4-14(13)22/h3-4,7-8H,2,5-6,9-10H2,1H3,(H2,23,29,30). The molecular weight excluding hydrogens is 492 g/mol. The fraction of sp³-hybridized carbons (Fsp3) is 0.350. The molecule has 2 fully saturated rings. The van der Waals surface area contributed by atoms with E-state index in [1.807, 2.05) is 4.90 Å². The van der Waals surface area contributed by atoms with Gasteiger partial charge in [-0.1, -0.05) is 11.3 Å². The summed E-state index contributed by atoms with van der Waals surface area (Å²) in [6, 6.07) is 3.24. The molecule has 1 spiro atoms. The van der Waals surface area contributed by atoms with Gasteiger partial charge in [-0.05, 0) is 38.0 Å². The smallest absolute Gasteiger partial charge is 0.249 e.